The number of benzene rings is 2. The van der Waals surface area contributed by atoms with Crippen LogP contribution in [-0.4, -0.2) is 63.0 Å². The molecule has 4 aromatic rings. The molecule has 2 aromatic carbocycles. The molecule has 0 saturated carbocycles. The van der Waals surface area contributed by atoms with Crippen molar-refractivity contribution in [2.75, 3.05) is 37.4 Å². The average molecular weight is 602 g/mol. The number of aromatic nitrogens is 3. The molecule has 2 aliphatic rings. The van der Waals surface area contributed by atoms with Gasteiger partial charge in [0.2, 0.25) is 0 Å². The van der Waals surface area contributed by atoms with E-state index < -0.39 is 6.67 Å². The van der Waals surface area contributed by atoms with E-state index in [0.29, 0.717) is 54.1 Å². The fourth-order valence-corrected chi connectivity index (χ4v) is 6.16. The lowest BCUT2D eigenvalue weighted by atomic mass is 9.98. The largest absolute Gasteiger partial charge is 0.327 e. The normalized spacial score (nSPS) is 14.8. The number of carbonyl (C=O) groups excluding carboxylic acids is 2. The van der Waals surface area contributed by atoms with Crippen LogP contribution in [0.15, 0.2) is 48.7 Å². The second kappa shape index (κ2) is 11.9. The van der Waals surface area contributed by atoms with Crippen LogP contribution in [0.25, 0.3) is 11.1 Å². The van der Waals surface area contributed by atoms with E-state index in [4.69, 9.17) is 11.6 Å². The Bertz CT molecular complexity index is 1740. The highest BCUT2D eigenvalue weighted by Crippen LogP contribution is 2.37. The maximum atomic E-state index is 13.3. The van der Waals surface area contributed by atoms with Gasteiger partial charge in [-0.3, -0.25) is 19.5 Å². The lowest BCUT2D eigenvalue weighted by Gasteiger charge is -2.21. The van der Waals surface area contributed by atoms with Crippen molar-refractivity contribution in [2.45, 2.75) is 33.0 Å². The minimum atomic E-state index is -0.409. The van der Waals surface area contributed by atoms with Gasteiger partial charge < -0.3 is 20.1 Å². The first kappa shape index (κ1) is 29.0. The Morgan fingerprint density at radius 2 is 1.70 bits per heavy atom. The van der Waals surface area contributed by atoms with Crippen LogP contribution in [0.4, 0.5) is 15.8 Å². The van der Waals surface area contributed by atoms with Crippen LogP contribution in [0.1, 0.15) is 49.2 Å². The molecule has 6 rings (SSSR count). The van der Waals surface area contributed by atoms with Crippen LogP contribution in [0.2, 0.25) is 5.02 Å². The number of nitrogens with zero attached hydrogens (tertiary/aromatic N) is 5. The van der Waals surface area contributed by atoms with Crippen molar-refractivity contribution >= 4 is 34.8 Å². The van der Waals surface area contributed by atoms with Gasteiger partial charge in [0.05, 0.1) is 16.4 Å². The van der Waals surface area contributed by atoms with E-state index in [1.54, 1.807) is 18.3 Å². The van der Waals surface area contributed by atoms with Gasteiger partial charge in [-0.05, 0) is 54.4 Å². The summed E-state index contributed by atoms with van der Waals surface area (Å²) in [6.07, 6.45) is 2.54. The van der Waals surface area contributed by atoms with Gasteiger partial charge in [0, 0.05) is 69.3 Å². The predicted molar refractivity (Wildman–Crippen MR) is 165 cm³/mol. The number of halogens is 2. The summed E-state index contributed by atoms with van der Waals surface area (Å²) in [5.74, 6) is -0.313. The third kappa shape index (κ3) is 5.65. The number of fused-ring (bicyclic) bond motifs is 2. The molecule has 11 heteroatoms. The number of alkyl halides is 1. The Balaban J connectivity index is 1.21. The molecule has 0 spiro atoms. The molecule has 43 heavy (non-hydrogen) atoms. The molecule has 0 bridgehead atoms. The molecule has 222 valence electrons. The maximum absolute atomic E-state index is 13.3. The molecular weight excluding hydrogens is 569 g/mol. The molecule has 0 saturated heterocycles. The van der Waals surface area contributed by atoms with E-state index in [1.807, 2.05) is 60.8 Å². The highest BCUT2D eigenvalue weighted by molar-refractivity contribution is 6.36. The molecule has 0 unspecified atom stereocenters. The molecule has 2 aromatic heterocycles. The molecule has 0 atom stereocenters. The van der Waals surface area contributed by atoms with Crippen LogP contribution in [0.3, 0.4) is 0 Å². The first-order valence-corrected chi connectivity index (χ1v) is 14.6. The highest BCUT2D eigenvalue weighted by atomic mass is 35.5. The predicted octanol–water partition coefficient (Wildman–Crippen LogP) is 5.22. The van der Waals surface area contributed by atoms with Gasteiger partial charge in [-0.15, -0.1) is 0 Å². The zero-order valence-electron chi connectivity index (χ0n) is 24.4. The number of likely N-dealkylation sites (N-methyl/N-ethyl adjacent to an activating group) is 1. The molecule has 9 nitrogen and oxygen atoms in total. The first-order valence-electron chi connectivity index (χ1n) is 14.2. The highest BCUT2D eigenvalue weighted by Gasteiger charge is 2.25. The number of anilines is 2. The summed E-state index contributed by atoms with van der Waals surface area (Å²) in [5.41, 5.74) is 7.75. The van der Waals surface area contributed by atoms with Crippen LogP contribution in [0.5, 0.6) is 0 Å². The number of amides is 2. The zero-order chi connectivity index (χ0) is 30.2. The molecule has 0 fully saturated rings. The molecule has 2 N–H and O–H groups in total. The lowest BCUT2D eigenvalue weighted by molar-refractivity contribution is 0.100. The van der Waals surface area contributed by atoms with E-state index >= 15 is 0 Å². The van der Waals surface area contributed by atoms with Gasteiger partial charge in [0.25, 0.3) is 11.8 Å². The topological polar surface area (TPSA) is 95.4 Å². The van der Waals surface area contributed by atoms with Crippen molar-refractivity contribution in [3.8, 4) is 11.1 Å². The number of hydrogen-bond acceptors (Lipinski definition) is 6. The Morgan fingerprint density at radius 3 is 2.49 bits per heavy atom. The molecule has 0 radical (unpaired) electrons. The first-order chi connectivity index (χ1) is 20.7. The van der Waals surface area contributed by atoms with E-state index in [0.717, 1.165) is 52.2 Å². The zero-order valence-corrected chi connectivity index (χ0v) is 25.1. The summed E-state index contributed by atoms with van der Waals surface area (Å²) in [4.78, 5) is 39.6. The van der Waals surface area contributed by atoms with Gasteiger partial charge >= 0.3 is 0 Å². The Labute approximate surface area is 254 Å². The van der Waals surface area contributed by atoms with Crippen molar-refractivity contribution in [3.05, 3.63) is 93.3 Å². The molecule has 2 amide bonds. The van der Waals surface area contributed by atoms with E-state index in [-0.39, 0.29) is 11.8 Å². The van der Waals surface area contributed by atoms with E-state index in [9.17, 15) is 14.0 Å². The smallest absolute Gasteiger partial charge is 0.291 e. The van der Waals surface area contributed by atoms with Gasteiger partial charge in [-0.1, -0.05) is 35.9 Å². The van der Waals surface area contributed by atoms with Crippen LogP contribution in [0, 0.1) is 6.92 Å². The van der Waals surface area contributed by atoms with Crippen LogP contribution >= 0.6 is 11.6 Å². The van der Waals surface area contributed by atoms with Gasteiger partial charge in [-0.2, -0.15) is 0 Å². The minimum absolute atomic E-state index is 0.302. The lowest BCUT2D eigenvalue weighted by Crippen LogP contribution is -2.27. The molecule has 2 aliphatic heterocycles. The van der Waals surface area contributed by atoms with Gasteiger partial charge in [-0.25, -0.2) is 9.37 Å². The third-order valence-electron chi connectivity index (χ3n) is 8.27. The van der Waals surface area contributed by atoms with Gasteiger partial charge in [0.15, 0.2) is 5.82 Å². The Morgan fingerprint density at radius 1 is 0.977 bits per heavy atom. The number of nitrogens with one attached hydrogen (secondary N) is 2. The molecule has 4 heterocycles. The SMILES string of the molecule is Cc1c(NC(=O)c2cc3c(cn2)CN(CCF)C3)cccc1-c1cccc(NC(=O)c2nc3c(n2C)CCN(C)C3)c1Cl. The molecule has 0 aliphatic carbocycles. The average Bonchev–Trinajstić information content (AvgIpc) is 3.54. The second-order valence-corrected chi connectivity index (χ2v) is 11.5. The van der Waals surface area contributed by atoms with Gasteiger partial charge in [0.1, 0.15) is 12.4 Å². The Kier molecular flexibility index (Phi) is 8.00. The van der Waals surface area contributed by atoms with Crippen LogP contribution in [-0.2, 0) is 33.1 Å². The van der Waals surface area contributed by atoms with Crippen LogP contribution < -0.4 is 10.6 Å². The second-order valence-electron chi connectivity index (χ2n) is 11.2. The van der Waals surface area contributed by atoms with Crippen molar-refractivity contribution in [1.82, 2.24) is 24.3 Å². The summed E-state index contributed by atoms with van der Waals surface area (Å²) in [6, 6.07) is 12.9. The quantitative estimate of drug-likeness (QED) is 0.302. The summed E-state index contributed by atoms with van der Waals surface area (Å²) in [6.45, 7) is 4.72. The fraction of sp³-hybridized carbons (Fsp3) is 0.312. The van der Waals surface area contributed by atoms with E-state index in [1.165, 1.54) is 0 Å². The number of pyridine rings is 1. The Hall–Kier alpha value is -4.12. The fourth-order valence-electron chi connectivity index (χ4n) is 5.88. The minimum Gasteiger partial charge on any atom is -0.327 e. The van der Waals surface area contributed by atoms with Crippen molar-refractivity contribution in [2.24, 2.45) is 7.05 Å². The van der Waals surface area contributed by atoms with Crippen molar-refractivity contribution < 1.29 is 14.0 Å². The summed E-state index contributed by atoms with van der Waals surface area (Å²) >= 11 is 6.88. The number of imidazole rings is 1. The standard InChI is InChI=1S/C32H33ClFN7O2/c1-19-22(6-4-8-24(19)37-31(42)26-14-20-16-41(13-11-34)17-21(20)15-35-26)23-7-5-9-25(29(23)33)38-32(43)30-36-27-18-39(2)12-10-28(27)40(30)3/h4-9,14-15H,10-13,16-18H2,1-3H3,(H,37,42)(H,38,43). The monoisotopic (exact) mass is 601 g/mol. The summed E-state index contributed by atoms with van der Waals surface area (Å²) in [5, 5.41) is 6.32. The van der Waals surface area contributed by atoms with E-state index in [2.05, 4.69) is 25.5 Å². The summed E-state index contributed by atoms with van der Waals surface area (Å²) < 4.78 is 14.7. The molecular formula is C32H33ClFN7O2. The summed E-state index contributed by atoms with van der Waals surface area (Å²) in [7, 11) is 3.91. The third-order valence-corrected chi connectivity index (χ3v) is 8.68. The van der Waals surface area contributed by atoms with Crippen molar-refractivity contribution in [1.29, 1.82) is 0 Å². The number of rotatable bonds is 7. The number of hydrogen-bond donors (Lipinski definition) is 2. The van der Waals surface area contributed by atoms with Crippen molar-refractivity contribution in [3.63, 3.8) is 0 Å². The number of carbonyl (C=O) groups is 2. The maximum Gasteiger partial charge on any atom is 0.291 e.